The lowest BCUT2D eigenvalue weighted by Crippen LogP contribution is -2.17. The van der Waals surface area contributed by atoms with E-state index in [0.29, 0.717) is 12.1 Å². The van der Waals surface area contributed by atoms with Gasteiger partial charge in [-0.05, 0) is 48.0 Å². The van der Waals surface area contributed by atoms with E-state index in [1.54, 1.807) is 13.8 Å². The minimum Gasteiger partial charge on any atom is -0.364 e. The Morgan fingerprint density at radius 3 is 2.11 bits per heavy atom. The highest BCUT2D eigenvalue weighted by Crippen LogP contribution is 2.38. The zero-order valence-corrected chi connectivity index (χ0v) is 16.0. The monoisotopic (exact) mass is 473 g/mol. The lowest BCUT2D eigenvalue weighted by atomic mass is 10.0. The molecular formula is C16H14BrF6N3O2. The summed E-state index contributed by atoms with van der Waals surface area (Å²) in [5.74, 6) is -0.354. The quantitative estimate of drug-likeness (QED) is 0.494. The standard InChI is InChI=1S/C16H14BrF6N3O2/c1-8(2)28-14(27)12(17)6-26-7-24-13(25-26)9-3-10(15(18,19)20)5-11(4-9)16(21,22)23/h3-8,14,27H,1-2H3/b12-6-. The van der Waals surface area contributed by atoms with Crippen molar-refractivity contribution in [2.75, 3.05) is 0 Å². The van der Waals surface area contributed by atoms with Crippen LogP contribution in [-0.4, -0.2) is 32.3 Å². The summed E-state index contributed by atoms with van der Waals surface area (Å²) in [6.45, 7) is 3.37. The maximum atomic E-state index is 13.0. The summed E-state index contributed by atoms with van der Waals surface area (Å²) in [6, 6.07) is 1.09. The van der Waals surface area contributed by atoms with Gasteiger partial charge in [-0.25, -0.2) is 9.67 Å². The Hall–Kier alpha value is -1.92. The Bertz CT molecular complexity index is 829. The molecule has 2 aromatic rings. The van der Waals surface area contributed by atoms with Crippen LogP contribution < -0.4 is 0 Å². The maximum Gasteiger partial charge on any atom is 0.416 e. The van der Waals surface area contributed by atoms with E-state index in [2.05, 4.69) is 26.0 Å². The van der Waals surface area contributed by atoms with Crippen molar-refractivity contribution in [2.24, 2.45) is 0 Å². The van der Waals surface area contributed by atoms with Gasteiger partial charge in [-0.15, -0.1) is 5.10 Å². The van der Waals surface area contributed by atoms with Crippen LogP contribution in [0, 0.1) is 0 Å². The first-order valence-corrected chi connectivity index (χ1v) is 8.48. The fraction of sp³-hybridized carbons (Fsp3) is 0.375. The molecule has 1 heterocycles. The van der Waals surface area contributed by atoms with Gasteiger partial charge >= 0.3 is 12.4 Å². The van der Waals surface area contributed by atoms with Crippen LogP contribution in [0.3, 0.4) is 0 Å². The van der Waals surface area contributed by atoms with E-state index in [-0.39, 0.29) is 22.5 Å². The third kappa shape index (κ3) is 5.79. The topological polar surface area (TPSA) is 60.2 Å². The normalized spacial score (nSPS) is 14.6. The fourth-order valence-corrected chi connectivity index (χ4v) is 2.38. The number of nitrogens with zero attached hydrogens (tertiary/aromatic N) is 3. The number of aromatic nitrogens is 3. The number of aliphatic hydroxyl groups excluding tert-OH is 1. The Morgan fingerprint density at radius 1 is 1.11 bits per heavy atom. The van der Waals surface area contributed by atoms with Crippen LogP contribution in [0.5, 0.6) is 0 Å². The molecule has 5 nitrogen and oxygen atoms in total. The van der Waals surface area contributed by atoms with Gasteiger partial charge in [0, 0.05) is 11.8 Å². The molecular weight excluding hydrogens is 460 g/mol. The number of rotatable bonds is 5. The van der Waals surface area contributed by atoms with E-state index >= 15 is 0 Å². The third-order valence-electron chi connectivity index (χ3n) is 3.25. The Labute approximate surface area is 163 Å². The number of hydrogen-bond acceptors (Lipinski definition) is 4. The minimum absolute atomic E-state index is 0.0244. The van der Waals surface area contributed by atoms with Crippen molar-refractivity contribution in [3.63, 3.8) is 0 Å². The highest BCUT2D eigenvalue weighted by molar-refractivity contribution is 9.11. The summed E-state index contributed by atoms with van der Waals surface area (Å²) >= 11 is 3.05. The summed E-state index contributed by atoms with van der Waals surface area (Å²) in [6.07, 6.45) is -9.31. The van der Waals surface area contributed by atoms with Crippen molar-refractivity contribution in [3.05, 3.63) is 40.1 Å². The summed E-state index contributed by atoms with van der Waals surface area (Å²) in [5.41, 5.74) is -3.39. The molecule has 0 aliphatic carbocycles. The van der Waals surface area contributed by atoms with Crippen molar-refractivity contribution in [1.82, 2.24) is 14.8 Å². The molecule has 0 aliphatic heterocycles. The molecule has 0 radical (unpaired) electrons. The predicted octanol–water partition coefficient (Wildman–Crippen LogP) is 4.92. The van der Waals surface area contributed by atoms with Gasteiger partial charge in [0.15, 0.2) is 12.1 Å². The average Bonchev–Trinajstić information content (AvgIpc) is 3.00. The molecule has 0 saturated carbocycles. The highest BCUT2D eigenvalue weighted by atomic mass is 79.9. The first kappa shape index (κ1) is 22.4. The van der Waals surface area contributed by atoms with Crippen molar-refractivity contribution >= 4 is 22.1 Å². The van der Waals surface area contributed by atoms with E-state index in [1.165, 1.54) is 6.20 Å². The highest BCUT2D eigenvalue weighted by Gasteiger charge is 2.37. The van der Waals surface area contributed by atoms with E-state index in [0.717, 1.165) is 11.0 Å². The molecule has 2 rings (SSSR count). The summed E-state index contributed by atoms with van der Waals surface area (Å²) in [5, 5.41) is 13.6. The summed E-state index contributed by atoms with van der Waals surface area (Å²) in [7, 11) is 0. The van der Waals surface area contributed by atoms with Crippen molar-refractivity contribution in [3.8, 4) is 11.4 Å². The van der Waals surface area contributed by atoms with Crippen LogP contribution in [0.15, 0.2) is 29.0 Å². The van der Waals surface area contributed by atoms with Gasteiger partial charge in [-0.2, -0.15) is 26.3 Å². The van der Waals surface area contributed by atoms with Gasteiger partial charge in [0.1, 0.15) is 6.33 Å². The van der Waals surface area contributed by atoms with Crippen LogP contribution in [0.25, 0.3) is 17.6 Å². The Kier molecular flexibility index (Phi) is 6.56. The van der Waals surface area contributed by atoms with Gasteiger partial charge in [-0.1, -0.05) is 0 Å². The lowest BCUT2D eigenvalue weighted by molar-refractivity contribution is -0.143. The van der Waals surface area contributed by atoms with Crippen molar-refractivity contribution in [1.29, 1.82) is 0 Å². The van der Waals surface area contributed by atoms with E-state index < -0.39 is 35.3 Å². The Morgan fingerprint density at radius 2 is 1.64 bits per heavy atom. The minimum atomic E-state index is -4.97. The first-order chi connectivity index (χ1) is 12.8. The van der Waals surface area contributed by atoms with Gasteiger partial charge in [-0.3, -0.25) is 0 Å². The number of aliphatic hydroxyl groups is 1. The van der Waals surface area contributed by atoms with Crippen LogP contribution in [0.1, 0.15) is 25.0 Å². The Balaban J connectivity index is 2.41. The van der Waals surface area contributed by atoms with E-state index in [9.17, 15) is 31.4 Å². The number of hydrogen-bond donors (Lipinski definition) is 1. The molecule has 1 unspecified atom stereocenters. The van der Waals surface area contributed by atoms with Crippen LogP contribution in [-0.2, 0) is 17.1 Å². The van der Waals surface area contributed by atoms with Gasteiger partial charge in [0.05, 0.1) is 21.7 Å². The van der Waals surface area contributed by atoms with E-state index in [4.69, 9.17) is 4.74 Å². The molecule has 1 aromatic heterocycles. The molecule has 0 saturated heterocycles. The molecule has 0 amide bonds. The van der Waals surface area contributed by atoms with Crippen molar-refractivity contribution < 1.29 is 36.2 Å². The molecule has 1 atom stereocenters. The largest absolute Gasteiger partial charge is 0.416 e. The predicted molar refractivity (Wildman–Crippen MR) is 90.9 cm³/mol. The lowest BCUT2D eigenvalue weighted by Gasteiger charge is -2.14. The second-order valence-electron chi connectivity index (χ2n) is 5.89. The molecule has 1 aromatic carbocycles. The first-order valence-electron chi connectivity index (χ1n) is 7.69. The van der Waals surface area contributed by atoms with Gasteiger partial charge in [0.25, 0.3) is 0 Å². The molecule has 12 heteroatoms. The fourth-order valence-electron chi connectivity index (χ4n) is 2.07. The smallest absolute Gasteiger partial charge is 0.364 e. The molecule has 0 fully saturated rings. The molecule has 154 valence electrons. The number of alkyl halides is 6. The molecule has 0 bridgehead atoms. The van der Waals surface area contributed by atoms with E-state index in [1.807, 2.05) is 0 Å². The third-order valence-corrected chi connectivity index (χ3v) is 3.84. The van der Waals surface area contributed by atoms with Crippen LogP contribution >= 0.6 is 15.9 Å². The molecule has 0 spiro atoms. The number of ether oxygens (including phenoxy) is 1. The SMILES string of the molecule is CC(C)OC(O)/C(Br)=C/n1cnc(-c2cc(C(F)(F)F)cc(C(F)(F)F)c2)n1. The van der Waals surface area contributed by atoms with Gasteiger partial charge in [0.2, 0.25) is 0 Å². The summed E-state index contributed by atoms with van der Waals surface area (Å²) < 4.78 is 84.0. The number of benzene rings is 1. The van der Waals surface area contributed by atoms with Crippen LogP contribution in [0.2, 0.25) is 0 Å². The zero-order valence-electron chi connectivity index (χ0n) is 14.4. The summed E-state index contributed by atoms with van der Waals surface area (Å²) in [4.78, 5) is 3.74. The average molecular weight is 474 g/mol. The molecule has 28 heavy (non-hydrogen) atoms. The number of halogens is 7. The van der Waals surface area contributed by atoms with Gasteiger partial charge < -0.3 is 9.84 Å². The molecule has 0 aliphatic rings. The van der Waals surface area contributed by atoms with Crippen molar-refractivity contribution in [2.45, 2.75) is 38.6 Å². The maximum absolute atomic E-state index is 13.0. The zero-order chi connectivity index (χ0) is 21.3. The second-order valence-corrected chi connectivity index (χ2v) is 6.81. The van der Waals surface area contributed by atoms with Crippen LogP contribution in [0.4, 0.5) is 26.3 Å². The second kappa shape index (κ2) is 8.21. The molecule has 1 N–H and O–H groups in total.